The van der Waals surface area contributed by atoms with E-state index in [1.165, 1.54) is 0 Å². The number of nitro benzene ring substituents is 1. The Labute approximate surface area is 111 Å². The fourth-order valence-corrected chi connectivity index (χ4v) is 2.89. The van der Waals surface area contributed by atoms with Crippen molar-refractivity contribution < 1.29 is 4.92 Å². The van der Waals surface area contributed by atoms with E-state index in [1.807, 2.05) is 17.6 Å². The zero-order chi connectivity index (χ0) is 13.0. The van der Waals surface area contributed by atoms with Crippen LogP contribution in [0.15, 0.2) is 10.5 Å². The van der Waals surface area contributed by atoms with E-state index in [2.05, 4.69) is 20.9 Å². The molecule has 0 bridgehead atoms. The highest BCUT2D eigenvalue weighted by Crippen LogP contribution is 2.38. The van der Waals surface area contributed by atoms with Gasteiger partial charge < -0.3 is 10.3 Å². The van der Waals surface area contributed by atoms with Gasteiger partial charge in [0.05, 0.1) is 16.5 Å². The summed E-state index contributed by atoms with van der Waals surface area (Å²) in [6.45, 7) is 2.61. The maximum atomic E-state index is 11.2. The van der Waals surface area contributed by atoms with Gasteiger partial charge in [0.15, 0.2) is 5.52 Å². The molecule has 0 fully saturated rings. The van der Waals surface area contributed by atoms with E-state index in [9.17, 15) is 10.1 Å². The van der Waals surface area contributed by atoms with E-state index in [0.29, 0.717) is 9.99 Å². The molecule has 1 aromatic carbocycles. The molecule has 0 unspecified atom stereocenters. The first-order valence-corrected chi connectivity index (χ1v) is 6.39. The summed E-state index contributed by atoms with van der Waals surface area (Å²) in [5.41, 5.74) is 8.02. The number of aromatic nitrogens is 2. The van der Waals surface area contributed by atoms with Crippen molar-refractivity contribution in [2.24, 2.45) is 5.73 Å². The molecule has 18 heavy (non-hydrogen) atoms. The second-order valence-electron chi connectivity index (χ2n) is 4.50. The Kier molecular flexibility index (Phi) is 2.43. The summed E-state index contributed by atoms with van der Waals surface area (Å²) >= 11 is 3.27. The van der Waals surface area contributed by atoms with Crippen LogP contribution in [0.1, 0.15) is 23.9 Å². The van der Waals surface area contributed by atoms with Gasteiger partial charge in [0.2, 0.25) is 0 Å². The lowest BCUT2D eigenvalue weighted by molar-refractivity contribution is -0.384. The van der Waals surface area contributed by atoms with Crippen LogP contribution in [0.3, 0.4) is 0 Å². The topological polar surface area (TPSA) is 87.0 Å². The molecular weight excluding hydrogens is 300 g/mol. The number of aryl methyl sites for hydroxylation is 2. The van der Waals surface area contributed by atoms with E-state index >= 15 is 0 Å². The van der Waals surface area contributed by atoms with Gasteiger partial charge in [0.1, 0.15) is 10.3 Å². The van der Waals surface area contributed by atoms with Crippen LogP contribution in [-0.4, -0.2) is 14.5 Å². The van der Waals surface area contributed by atoms with Crippen LogP contribution in [0.2, 0.25) is 0 Å². The molecule has 2 heterocycles. The predicted molar refractivity (Wildman–Crippen MR) is 70.4 cm³/mol. The Morgan fingerprint density at radius 1 is 1.67 bits per heavy atom. The van der Waals surface area contributed by atoms with Crippen LogP contribution >= 0.6 is 15.9 Å². The monoisotopic (exact) mass is 310 g/mol. The zero-order valence-corrected chi connectivity index (χ0v) is 11.3. The highest BCUT2D eigenvalue weighted by molar-refractivity contribution is 9.10. The molecule has 6 nitrogen and oxygen atoms in total. The second-order valence-corrected chi connectivity index (χ2v) is 5.29. The Hall–Kier alpha value is -1.47. The third-order valence-electron chi connectivity index (χ3n) is 3.35. The molecule has 94 valence electrons. The fourth-order valence-electron chi connectivity index (χ4n) is 2.45. The van der Waals surface area contributed by atoms with Crippen LogP contribution < -0.4 is 5.73 Å². The van der Waals surface area contributed by atoms with E-state index < -0.39 is 4.92 Å². The molecule has 0 spiro atoms. The first kappa shape index (κ1) is 11.6. The van der Waals surface area contributed by atoms with Crippen molar-refractivity contribution in [3.05, 3.63) is 32.0 Å². The van der Waals surface area contributed by atoms with Crippen LogP contribution in [0.5, 0.6) is 0 Å². The lowest BCUT2D eigenvalue weighted by Gasteiger charge is -2.03. The molecule has 0 saturated carbocycles. The minimum absolute atomic E-state index is 0.0269. The Morgan fingerprint density at radius 3 is 3.06 bits per heavy atom. The molecule has 2 aromatic rings. The number of nitro groups is 1. The van der Waals surface area contributed by atoms with Crippen LogP contribution in [-0.2, 0) is 6.54 Å². The normalized spacial score (nSPS) is 18.3. The van der Waals surface area contributed by atoms with Crippen molar-refractivity contribution in [2.45, 2.75) is 25.9 Å². The maximum absolute atomic E-state index is 11.2. The standard InChI is InChI=1S/C11H11BrN4O2/c1-5-4-7-9(10(8(5)12)16(17)18)14-11-6(13)2-3-15(7)11/h4,6H,2-3,13H2,1H3/t6-/m1/s1. The lowest BCUT2D eigenvalue weighted by Crippen LogP contribution is -2.06. The molecule has 1 aromatic heterocycles. The molecule has 3 rings (SSSR count). The smallest absolute Gasteiger partial charge is 0.311 e. The molecular formula is C11H11BrN4O2. The molecule has 1 aliphatic heterocycles. The van der Waals surface area contributed by atoms with Crippen molar-refractivity contribution in [1.82, 2.24) is 9.55 Å². The summed E-state index contributed by atoms with van der Waals surface area (Å²) in [7, 11) is 0. The van der Waals surface area contributed by atoms with Crippen LogP contribution in [0.4, 0.5) is 5.69 Å². The van der Waals surface area contributed by atoms with Gasteiger partial charge in [0, 0.05) is 6.54 Å². The van der Waals surface area contributed by atoms with Gasteiger partial charge in [-0.1, -0.05) is 0 Å². The summed E-state index contributed by atoms with van der Waals surface area (Å²) in [5.74, 6) is 0.741. The highest BCUT2D eigenvalue weighted by atomic mass is 79.9. The number of nitrogens with zero attached hydrogens (tertiary/aromatic N) is 3. The van der Waals surface area contributed by atoms with E-state index in [4.69, 9.17) is 5.73 Å². The van der Waals surface area contributed by atoms with Crippen LogP contribution in [0, 0.1) is 17.0 Å². The molecule has 7 heteroatoms. The summed E-state index contributed by atoms with van der Waals surface area (Å²) < 4.78 is 2.47. The van der Waals surface area contributed by atoms with Crippen molar-refractivity contribution in [3.8, 4) is 0 Å². The van der Waals surface area contributed by atoms with E-state index in [0.717, 1.165) is 29.9 Å². The third kappa shape index (κ3) is 1.40. The number of benzene rings is 1. The number of nitrogens with two attached hydrogens (primary N) is 1. The Balaban J connectivity index is 2.43. The van der Waals surface area contributed by atoms with Crippen molar-refractivity contribution in [1.29, 1.82) is 0 Å². The third-order valence-corrected chi connectivity index (χ3v) is 4.35. The van der Waals surface area contributed by atoms with Gasteiger partial charge >= 0.3 is 5.69 Å². The van der Waals surface area contributed by atoms with Gasteiger partial charge in [-0.05, 0) is 40.9 Å². The number of hydrogen-bond acceptors (Lipinski definition) is 4. The molecule has 1 atom stereocenters. The zero-order valence-electron chi connectivity index (χ0n) is 9.68. The number of imidazole rings is 1. The number of halogens is 1. The number of hydrogen-bond donors (Lipinski definition) is 1. The SMILES string of the molecule is Cc1cc2c(nc3n2CC[C@H]3N)c([N+](=O)[O-])c1Br. The van der Waals surface area contributed by atoms with E-state index in [-0.39, 0.29) is 11.7 Å². The number of fused-ring (bicyclic) bond motifs is 3. The minimum Gasteiger partial charge on any atom is -0.326 e. The van der Waals surface area contributed by atoms with Gasteiger partial charge in [-0.15, -0.1) is 0 Å². The first-order valence-electron chi connectivity index (χ1n) is 5.60. The Bertz CT molecular complexity index is 679. The lowest BCUT2D eigenvalue weighted by atomic mass is 10.2. The van der Waals surface area contributed by atoms with Gasteiger partial charge in [0.25, 0.3) is 0 Å². The minimum atomic E-state index is -0.395. The summed E-state index contributed by atoms with van der Waals surface area (Å²) in [6, 6.07) is 1.79. The highest BCUT2D eigenvalue weighted by Gasteiger charge is 2.29. The van der Waals surface area contributed by atoms with E-state index in [1.54, 1.807) is 0 Å². The molecule has 0 radical (unpaired) electrons. The largest absolute Gasteiger partial charge is 0.326 e. The number of rotatable bonds is 1. The molecule has 1 aliphatic rings. The van der Waals surface area contributed by atoms with Crippen molar-refractivity contribution in [3.63, 3.8) is 0 Å². The molecule has 0 amide bonds. The summed E-state index contributed by atoms with van der Waals surface area (Å²) in [5, 5.41) is 11.2. The van der Waals surface area contributed by atoms with Gasteiger partial charge in [-0.25, -0.2) is 4.98 Å². The quantitative estimate of drug-likeness (QED) is 0.647. The average molecular weight is 311 g/mol. The predicted octanol–water partition coefficient (Wildman–Crippen LogP) is 2.42. The molecule has 0 aliphatic carbocycles. The van der Waals surface area contributed by atoms with Crippen molar-refractivity contribution in [2.75, 3.05) is 0 Å². The maximum Gasteiger partial charge on any atom is 0.311 e. The van der Waals surface area contributed by atoms with Crippen molar-refractivity contribution >= 4 is 32.7 Å². The summed E-state index contributed by atoms with van der Waals surface area (Å²) in [4.78, 5) is 15.2. The van der Waals surface area contributed by atoms with Gasteiger partial charge in [-0.3, -0.25) is 10.1 Å². The molecule has 2 N–H and O–H groups in total. The Morgan fingerprint density at radius 2 is 2.39 bits per heavy atom. The fraction of sp³-hybridized carbons (Fsp3) is 0.364. The average Bonchev–Trinajstić information content (AvgIpc) is 2.81. The second kappa shape index (κ2) is 3.76. The van der Waals surface area contributed by atoms with Gasteiger partial charge in [-0.2, -0.15) is 0 Å². The molecule has 0 saturated heterocycles. The first-order chi connectivity index (χ1) is 8.50. The summed E-state index contributed by atoms with van der Waals surface area (Å²) in [6.07, 6.45) is 0.835. The van der Waals surface area contributed by atoms with Crippen LogP contribution in [0.25, 0.3) is 11.0 Å².